The summed E-state index contributed by atoms with van der Waals surface area (Å²) in [6.45, 7) is 1.81. The number of hydrogen-bond acceptors (Lipinski definition) is 6. The number of anilines is 2. The summed E-state index contributed by atoms with van der Waals surface area (Å²) in [6, 6.07) is 11.5. The molecular formula is C22H16Cl2N6O2. The Morgan fingerprint density at radius 3 is 2.81 bits per heavy atom. The van der Waals surface area contributed by atoms with Crippen molar-refractivity contribution in [1.29, 1.82) is 0 Å². The zero-order valence-electron chi connectivity index (χ0n) is 16.7. The van der Waals surface area contributed by atoms with Crippen LogP contribution in [-0.4, -0.2) is 25.7 Å². The van der Waals surface area contributed by atoms with Gasteiger partial charge in [0.2, 0.25) is 11.8 Å². The van der Waals surface area contributed by atoms with Crippen molar-refractivity contribution < 1.29 is 9.21 Å². The third-order valence-corrected chi connectivity index (χ3v) is 5.58. The molecule has 32 heavy (non-hydrogen) atoms. The average molecular weight is 467 g/mol. The molecule has 0 fully saturated rings. The highest BCUT2D eigenvalue weighted by atomic mass is 35.5. The minimum atomic E-state index is -0.649. The van der Waals surface area contributed by atoms with Gasteiger partial charge in [0.15, 0.2) is 5.76 Å². The highest BCUT2D eigenvalue weighted by Gasteiger charge is 2.36. The van der Waals surface area contributed by atoms with E-state index in [1.54, 1.807) is 72.7 Å². The SMILES string of the molecule is CC1=C(C(=O)Nc2cccnc2)C(c2ccc(Cl)cc2Cl)n2nc(-c3ccco3)nc2N1. The molecule has 0 spiro atoms. The Bertz CT molecular complexity index is 1330. The minimum absolute atomic E-state index is 0.320. The zero-order valence-corrected chi connectivity index (χ0v) is 18.2. The Hall–Kier alpha value is -3.62. The lowest BCUT2D eigenvalue weighted by molar-refractivity contribution is -0.113. The summed E-state index contributed by atoms with van der Waals surface area (Å²) >= 11 is 12.7. The maximum Gasteiger partial charge on any atom is 0.255 e. The van der Waals surface area contributed by atoms with Crippen LogP contribution in [0.3, 0.4) is 0 Å². The average Bonchev–Trinajstić information content (AvgIpc) is 3.43. The molecule has 2 N–H and O–H groups in total. The molecule has 0 aliphatic carbocycles. The number of nitrogens with one attached hydrogen (secondary N) is 2. The summed E-state index contributed by atoms with van der Waals surface area (Å²) in [6.07, 6.45) is 4.76. The second-order valence-electron chi connectivity index (χ2n) is 7.11. The number of rotatable bonds is 4. The van der Waals surface area contributed by atoms with E-state index in [0.29, 0.717) is 50.1 Å². The van der Waals surface area contributed by atoms with Gasteiger partial charge in [-0.3, -0.25) is 9.78 Å². The van der Waals surface area contributed by atoms with Crippen LogP contribution in [0.4, 0.5) is 11.6 Å². The zero-order chi connectivity index (χ0) is 22.2. The van der Waals surface area contributed by atoms with Gasteiger partial charge in [0.25, 0.3) is 5.91 Å². The Balaban J connectivity index is 1.64. The first-order valence-electron chi connectivity index (χ1n) is 9.66. The van der Waals surface area contributed by atoms with E-state index >= 15 is 0 Å². The number of allylic oxidation sites excluding steroid dienone is 1. The first kappa shape index (κ1) is 20.3. The van der Waals surface area contributed by atoms with Gasteiger partial charge in [0.1, 0.15) is 6.04 Å². The molecule has 3 aromatic heterocycles. The van der Waals surface area contributed by atoms with Gasteiger partial charge >= 0.3 is 0 Å². The Morgan fingerprint density at radius 1 is 1.22 bits per heavy atom. The number of benzene rings is 1. The van der Waals surface area contributed by atoms with Crippen LogP contribution in [0.1, 0.15) is 18.5 Å². The lowest BCUT2D eigenvalue weighted by Crippen LogP contribution is -2.31. The summed E-state index contributed by atoms with van der Waals surface area (Å²) in [7, 11) is 0. The fourth-order valence-corrected chi connectivity index (χ4v) is 4.11. The molecule has 1 unspecified atom stereocenters. The third-order valence-electron chi connectivity index (χ3n) is 5.02. The number of fused-ring (bicyclic) bond motifs is 1. The Morgan fingerprint density at radius 2 is 2.09 bits per heavy atom. The number of hydrogen-bond donors (Lipinski definition) is 2. The molecule has 10 heteroatoms. The number of halogens is 2. The number of carbonyl (C=O) groups is 1. The largest absolute Gasteiger partial charge is 0.461 e. The molecule has 4 heterocycles. The van der Waals surface area contributed by atoms with Crippen molar-refractivity contribution in [2.75, 3.05) is 10.6 Å². The molecule has 1 aliphatic rings. The van der Waals surface area contributed by atoms with E-state index < -0.39 is 6.04 Å². The highest BCUT2D eigenvalue weighted by Crippen LogP contribution is 2.40. The smallest absolute Gasteiger partial charge is 0.255 e. The molecule has 0 saturated carbocycles. The summed E-state index contributed by atoms with van der Waals surface area (Å²) in [5.41, 5.74) is 2.28. The molecule has 1 amide bonds. The predicted molar refractivity (Wildman–Crippen MR) is 122 cm³/mol. The first-order chi connectivity index (χ1) is 15.5. The number of carbonyl (C=O) groups excluding carboxylic acids is 1. The molecule has 1 aromatic carbocycles. The van der Waals surface area contributed by atoms with Crippen LogP contribution in [0, 0.1) is 0 Å². The Kier molecular flexibility index (Phi) is 5.16. The van der Waals surface area contributed by atoms with Crippen molar-refractivity contribution >= 4 is 40.7 Å². The predicted octanol–water partition coefficient (Wildman–Crippen LogP) is 5.17. The molecular weight excluding hydrogens is 451 g/mol. The molecule has 0 bridgehead atoms. The van der Waals surface area contributed by atoms with Crippen molar-refractivity contribution in [3.63, 3.8) is 0 Å². The van der Waals surface area contributed by atoms with E-state index in [4.69, 9.17) is 27.6 Å². The molecule has 160 valence electrons. The van der Waals surface area contributed by atoms with E-state index in [2.05, 4.69) is 25.7 Å². The molecule has 5 rings (SSSR count). The van der Waals surface area contributed by atoms with Gasteiger partial charge in [-0.25, -0.2) is 4.68 Å². The Labute approximate surface area is 192 Å². The number of aromatic nitrogens is 4. The molecule has 0 saturated heterocycles. The molecule has 1 aliphatic heterocycles. The van der Waals surface area contributed by atoms with Crippen LogP contribution in [0.2, 0.25) is 10.0 Å². The van der Waals surface area contributed by atoms with Gasteiger partial charge in [0.05, 0.1) is 23.7 Å². The van der Waals surface area contributed by atoms with Gasteiger partial charge in [-0.1, -0.05) is 29.3 Å². The maximum absolute atomic E-state index is 13.4. The van der Waals surface area contributed by atoms with Crippen molar-refractivity contribution in [1.82, 2.24) is 19.7 Å². The van der Waals surface area contributed by atoms with Crippen molar-refractivity contribution in [2.24, 2.45) is 0 Å². The molecule has 8 nitrogen and oxygen atoms in total. The fraction of sp³-hybridized carbons (Fsp3) is 0.0909. The first-order valence-corrected chi connectivity index (χ1v) is 10.4. The second-order valence-corrected chi connectivity index (χ2v) is 7.95. The molecule has 1 atom stereocenters. The van der Waals surface area contributed by atoms with Crippen LogP contribution < -0.4 is 10.6 Å². The summed E-state index contributed by atoms with van der Waals surface area (Å²) < 4.78 is 7.07. The standard InChI is InChI=1S/C22H16Cl2N6O2/c1-12-18(21(31)27-14-4-2-8-25-11-14)19(15-7-6-13(23)10-16(15)24)30-22(26-12)28-20(29-30)17-5-3-9-32-17/h2-11,19H,1H3,(H,27,31)(H,26,28,29). The third kappa shape index (κ3) is 3.63. The number of amides is 1. The van der Waals surface area contributed by atoms with Crippen LogP contribution >= 0.6 is 23.2 Å². The van der Waals surface area contributed by atoms with E-state index in [1.807, 2.05) is 0 Å². The topological polar surface area (TPSA) is 97.9 Å². The number of pyridine rings is 1. The van der Waals surface area contributed by atoms with E-state index in [0.717, 1.165) is 0 Å². The fourth-order valence-electron chi connectivity index (χ4n) is 3.60. The lowest BCUT2D eigenvalue weighted by atomic mass is 9.95. The number of nitrogens with zero attached hydrogens (tertiary/aromatic N) is 4. The van der Waals surface area contributed by atoms with E-state index in [1.165, 1.54) is 0 Å². The van der Waals surface area contributed by atoms with Gasteiger partial charge in [-0.15, -0.1) is 5.10 Å². The van der Waals surface area contributed by atoms with Gasteiger partial charge in [-0.05, 0) is 43.3 Å². The van der Waals surface area contributed by atoms with E-state index in [-0.39, 0.29) is 5.91 Å². The number of furan rings is 1. The minimum Gasteiger partial charge on any atom is -0.461 e. The van der Waals surface area contributed by atoms with Crippen molar-refractivity contribution in [3.8, 4) is 11.6 Å². The maximum atomic E-state index is 13.4. The monoisotopic (exact) mass is 466 g/mol. The van der Waals surface area contributed by atoms with Crippen molar-refractivity contribution in [2.45, 2.75) is 13.0 Å². The van der Waals surface area contributed by atoms with Crippen LogP contribution in [0.25, 0.3) is 11.6 Å². The lowest BCUT2D eigenvalue weighted by Gasteiger charge is -2.29. The summed E-state index contributed by atoms with van der Waals surface area (Å²) in [5, 5.41) is 11.6. The van der Waals surface area contributed by atoms with Gasteiger partial charge < -0.3 is 15.1 Å². The van der Waals surface area contributed by atoms with Crippen LogP contribution in [0.5, 0.6) is 0 Å². The van der Waals surface area contributed by atoms with Crippen LogP contribution in [-0.2, 0) is 4.79 Å². The van der Waals surface area contributed by atoms with Gasteiger partial charge in [-0.2, -0.15) is 4.98 Å². The highest BCUT2D eigenvalue weighted by molar-refractivity contribution is 6.35. The second kappa shape index (κ2) is 8.14. The van der Waals surface area contributed by atoms with Crippen molar-refractivity contribution in [3.05, 3.63) is 88.0 Å². The summed E-state index contributed by atoms with van der Waals surface area (Å²) in [4.78, 5) is 22.0. The molecule has 4 aromatic rings. The summed E-state index contributed by atoms with van der Waals surface area (Å²) in [5.74, 6) is 1.03. The molecule has 0 radical (unpaired) electrons. The van der Waals surface area contributed by atoms with Gasteiger partial charge in [0, 0.05) is 27.5 Å². The van der Waals surface area contributed by atoms with E-state index in [9.17, 15) is 4.79 Å². The quantitative estimate of drug-likeness (QED) is 0.430. The van der Waals surface area contributed by atoms with Crippen LogP contribution in [0.15, 0.2) is 76.8 Å². The normalized spacial score (nSPS) is 15.3.